The molecule has 0 aromatic heterocycles. The van der Waals surface area contributed by atoms with Crippen LogP contribution in [0.1, 0.15) is 0 Å². The molecule has 0 fully saturated rings. The molecule has 0 bridgehead atoms. The van der Waals surface area contributed by atoms with E-state index >= 15 is 0 Å². The third-order valence-corrected chi connectivity index (χ3v) is 3.23. The summed E-state index contributed by atoms with van der Waals surface area (Å²) in [4.78, 5) is 2.76. The van der Waals surface area contributed by atoms with Crippen molar-refractivity contribution in [3.8, 4) is 0 Å². The highest BCUT2D eigenvalue weighted by molar-refractivity contribution is 14.1. The Bertz CT molecular complexity index is 337. The SMILES string of the molecule is [N-]=[N+]=Nc1c(I)cc(Br)cc1I. The minimum atomic E-state index is 0.696. The highest BCUT2D eigenvalue weighted by Crippen LogP contribution is 2.31. The lowest BCUT2D eigenvalue weighted by atomic mass is 10.3. The zero-order chi connectivity index (χ0) is 9.14. The summed E-state index contributed by atoms with van der Waals surface area (Å²) >= 11 is 7.62. The second kappa shape index (κ2) is 4.64. The molecule has 0 atom stereocenters. The molecule has 0 aliphatic rings. The van der Waals surface area contributed by atoms with Gasteiger partial charge in [0.1, 0.15) is 0 Å². The van der Waals surface area contributed by atoms with Crippen molar-refractivity contribution >= 4 is 66.8 Å². The van der Waals surface area contributed by atoms with Gasteiger partial charge < -0.3 is 0 Å². The van der Waals surface area contributed by atoms with Crippen molar-refractivity contribution in [3.63, 3.8) is 0 Å². The van der Waals surface area contributed by atoms with Crippen molar-refractivity contribution in [1.82, 2.24) is 0 Å². The summed E-state index contributed by atoms with van der Waals surface area (Å²) in [5.41, 5.74) is 8.97. The van der Waals surface area contributed by atoms with Crippen LogP contribution in [-0.2, 0) is 0 Å². The lowest BCUT2D eigenvalue weighted by Crippen LogP contribution is -1.78. The molecule has 0 radical (unpaired) electrons. The van der Waals surface area contributed by atoms with Crippen molar-refractivity contribution < 1.29 is 0 Å². The second-order valence-electron chi connectivity index (χ2n) is 1.91. The van der Waals surface area contributed by atoms with Crippen LogP contribution >= 0.6 is 61.1 Å². The number of rotatable bonds is 1. The molecular formula is C6H2BrI2N3. The lowest BCUT2D eigenvalue weighted by molar-refractivity contribution is 1.41. The second-order valence-corrected chi connectivity index (χ2v) is 5.15. The molecular weight excluding hydrogens is 448 g/mol. The summed E-state index contributed by atoms with van der Waals surface area (Å²) in [6.45, 7) is 0. The molecule has 62 valence electrons. The predicted octanol–water partition coefficient (Wildman–Crippen LogP) is 4.60. The Hall–Kier alpha value is 0.470. The van der Waals surface area contributed by atoms with E-state index in [2.05, 4.69) is 71.1 Å². The number of hydrogen-bond acceptors (Lipinski definition) is 1. The van der Waals surface area contributed by atoms with E-state index in [1.807, 2.05) is 12.1 Å². The summed E-state index contributed by atoms with van der Waals surface area (Å²) in [6, 6.07) is 3.82. The maximum absolute atomic E-state index is 8.28. The van der Waals surface area contributed by atoms with Crippen LogP contribution in [0.2, 0.25) is 0 Å². The lowest BCUT2D eigenvalue weighted by Gasteiger charge is -2.00. The smallest absolute Gasteiger partial charge is 0.0586 e. The molecule has 0 aliphatic heterocycles. The number of azide groups is 1. The normalized spacial score (nSPS) is 9.25. The van der Waals surface area contributed by atoms with Crippen LogP contribution in [0.25, 0.3) is 10.4 Å². The van der Waals surface area contributed by atoms with Crippen molar-refractivity contribution in [1.29, 1.82) is 0 Å². The van der Waals surface area contributed by atoms with E-state index in [0.29, 0.717) is 5.69 Å². The van der Waals surface area contributed by atoms with E-state index in [0.717, 1.165) is 11.6 Å². The molecule has 3 nitrogen and oxygen atoms in total. The molecule has 0 spiro atoms. The minimum absolute atomic E-state index is 0.696. The molecule has 0 saturated heterocycles. The predicted molar refractivity (Wildman–Crippen MR) is 68.4 cm³/mol. The van der Waals surface area contributed by atoms with Gasteiger partial charge in [0.2, 0.25) is 0 Å². The highest BCUT2D eigenvalue weighted by atomic mass is 127. The Morgan fingerprint density at radius 3 is 2.25 bits per heavy atom. The Kier molecular flexibility index (Phi) is 4.08. The third-order valence-electron chi connectivity index (χ3n) is 1.13. The summed E-state index contributed by atoms with van der Waals surface area (Å²) in [5.74, 6) is 0. The molecule has 12 heavy (non-hydrogen) atoms. The molecule has 1 rings (SSSR count). The van der Waals surface area contributed by atoms with Crippen LogP contribution in [0.3, 0.4) is 0 Å². The number of benzene rings is 1. The van der Waals surface area contributed by atoms with Crippen molar-refractivity contribution in [2.45, 2.75) is 0 Å². The minimum Gasteiger partial charge on any atom is -0.0586 e. The van der Waals surface area contributed by atoms with Gasteiger partial charge >= 0.3 is 0 Å². The van der Waals surface area contributed by atoms with E-state index in [9.17, 15) is 0 Å². The average molecular weight is 450 g/mol. The van der Waals surface area contributed by atoms with Gasteiger partial charge in [0.15, 0.2) is 0 Å². The van der Waals surface area contributed by atoms with Gasteiger partial charge in [0.25, 0.3) is 0 Å². The topological polar surface area (TPSA) is 48.8 Å². The first-order valence-electron chi connectivity index (χ1n) is 2.85. The Morgan fingerprint density at radius 1 is 1.33 bits per heavy atom. The van der Waals surface area contributed by atoms with Gasteiger partial charge in [0.05, 0.1) is 5.69 Å². The Labute approximate surface area is 105 Å². The molecule has 1 aromatic rings. The molecule has 6 heteroatoms. The van der Waals surface area contributed by atoms with Crippen LogP contribution in [0.4, 0.5) is 5.69 Å². The van der Waals surface area contributed by atoms with Crippen molar-refractivity contribution in [3.05, 3.63) is 34.2 Å². The van der Waals surface area contributed by atoms with E-state index in [4.69, 9.17) is 5.53 Å². The van der Waals surface area contributed by atoms with Gasteiger partial charge in [-0.25, -0.2) is 0 Å². The summed E-state index contributed by atoms with van der Waals surface area (Å²) in [6.07, 6.45) is 0. The first-order valence-corrected chi connectivity index (χ1v) is 5.80. The number of halogens is 3. The monoisotopic (exact) mass is 449 g/mol. The first-order chi connectivity index (χ1) is 5.65. The van der Waals surface area contributed by atoms with Crippen LogP contribution < -0.4 is 0 Å². The molecule has 0 amide bonds. The molecule has 1 aromatic carbocycles. The fraction of sp³-hybridized carbons (Fsp3) is 0. The zero-order valence-corrected chi connectivity index (χ0v) is 11.5. The summed E-state index contributed by atoms with van der Waals surface area (Å²) in [7, 11) is 0. The van der Waals surface area contributed by atoms with Gasteiger partial charge in [-0.2, -0.15) is 0 Å². The average Bonchev–Trinajstić information content (AvgIpc) is 1.96. The van der Waals surface area contributed by atoms with Gasteiger partial charge in [-0.15, -0.1) is 0 Å². The fourth-order valence-corrected chi connectivity index (χ4v) is 3.97. The van der Waals surface area contributed by atoms with Crippen LogP contribution in [-0.4, -0.2) is 0 Å². The molecule has 0 N–H and O–H groups in total. The van der Waals surface area contributed by atoms with Gasteiger partial charge in [-0.3, -0.25) is 0 Å². The maximum atomic E-state index is 8.28. The van der Waals surface area contributed by atoms with E-state index < -0.39 is 0 Å². The molecule has 0 unspecified atom stereocenters. The van der Waals surface area contributed by atoms with Crippen molar-refractivity contribution in [2.24, 2.45) is 5.11 Å². The summed E-state index contributed by atoms with van der Waals surface area (Å²) in [5, 5.41) is 3.59. The highest BCUT2D eigenvalue weighted by Gasteiger charge is 2.03. The van der Waals surface area contributed by atoms with Gasteiger partial charge in [0, 0.05) is 16.5 Å². The Balaban J connectivity index is 3.37. The number of nitrogens with zero attached hydrogens (tertiary/aromatic N) is 3. The van der Waals surface area contributed by atoms with Crippen LogP contribution in [0, 0.1) is 7.14 Å². The van der Waals surface area contributed by atoms with Crippen molar-refractivity contribution in [2.75, 3.05) is 0 Å². The quantitative estimate of drug-likeness (QED) is 0.260. The van der Waals surface area contributed by atoms with E-state index in [1.54, 1.807) is 0 Å². The zero-order valence-electron chi connectivity index (χ0n) is 5.63. The van der Waals surface area contributed by atoms with Gasteiger partial charge in [-0.1, -0.05) is 21.0 Å². The maximum Gasteiger partial charge on any atom is 0.0643 e. The largest absolute Gasteiger partial charge is 0.0643 e. The van der Waals surface area contributed by atoms with E-state index in [-0.39, 0.29) is 0 Å². The summed E-state index contributed by atoms with van der Waals surface area (Å²) < 4.78 is 2.89. The first kappa shape index (κ1) is 10.6. The number of hydrogen-bond donors (Lipinski definition) is 0. The van der Waals surface area contributed by atoms with Crippen LogP contribution in [0.5, 0.6) is 0 Å². The van der Waals surface area contributed by atoms with Crippen LogP contribution in [0.15, 0.2) is 21.7 Å². The standard InChI is InChI=1S/C6H2BrI2N3/c7-3-1-4(8)6(11-12-10)5(9)2-3/h1-2H. The Morgan fingerprint density at radius 2 is 1.83 bits per heavy atom. The molecule has 0 aliphatic carbocycles. The molecule has 0 heterocycles. The molecule has 0 saturated carbocycles. The fourth-order valence-electron chi connectivity index (χ4n) is 0.675. The third kappa shape index (κ3) is 2.48. The van der Waals surface area contributed by atoms with Gasteiger partial charge in [-0.05, 0) is 62.8 Å². The van der Waals surface area contributed by atoms with E-state index in [1.165, 1.54) is 0 Å².